The molecule has 1 aliphatic rings. The molecule has 0 unspecified atom stereocenters. The van der Waals surface area contributed by atoms with Crippen LogP contribution in [-0.2, 0) is 10.0 Å². The Hall–Kier alpha value is -0.630. The predicted molar refractivity (Wildman–Crippen MR) is 74.7 cm³/mol. The molecule has 0 amide bonds. The molecule has 8 heteroatoms. The molecule has 0 saturated carbocycles. The van der Waals surface area contributed by atoms with Crippen molar-refractivity contribution >= 4 is 44.5 Å². The summed E-state index contributed by atoms with van der Waals surface area (Å²) in [5, 5.41) is 1.34. The zero-order valence-electron chi connectivity index (χ0n) is 10.1. The van der Waals surface area contributed by atoms with Gasteiger partial charge in [0, 0.05) is 5.92 Å². The van der Waals surface area contributed by atoms with Crippen LogP contribution in [-0.4, -0.2) is 14.3 Å². The molecule has 2 N–H and O–H groups in total. The van der Waals surface area contributed by atoms with Crippen molar-refractivity contribution in [2.24, 2.45) is 16.2 Å². The highest BCUT2D eigenvalue weighted by Gasteiger charge is 2.34. The van der Waals surface area contributed by atoms with Gasteiger partial charge in [0.05, 0.1) is 10.0 Å². The Labute approximate surface area is 115 Å². The number of hydrazine groups is 1. The van der Waals surface area contributed by atoms with Crippen LogP contribution < -0.4 is 10.9 Å². The van der Waals surface area contributed by atoms with Crippen molar-refractivity contribution in [2.75, 3.05) is 5.01 Å². The normalized spacial score (nSPS) is 17.8. The van der Waals surface area contributed by atoms with Crippen molar-refractivity contribution in [1.82, 2.24) is 0 Å². The van der Waals surface area contributed by atoms with Gasteiger partial charge in [-0.1, -0.05) is 25.4 Å². The molecule has 2 rings (SSSR count). The minimum Gasteiger partial charge on any atom is -0.263 e. The van der Waals surface area contributed by atoms with Gasteiger partial charge in [0.2, 0.25) is 0 Å². The second kappa shape index (κ2) is 4.80. The van der Waals surface area contributed by atoms with Crippen LogP contribution in [0, 0.1) is 5.92 Å². The molecule has 0 radical (unpaired) electrons. The standard InChI is InChI=1S/C10H14ClN3O2S2/c1-3-6(4-2)9-13-18(15,16)10-7(14(9)12)5-8(11)17-10/h5-6H,3-4,12H2,1-2H3. The van der Waals surface area contributed by atoms with Crippen molar-refractivity contribution in [3.63, 3.8) is 0 Å². The molecule has 1 aromatic heterocycles. The van der Waals surface area contributed by atoms with Crippen molar-refractivity contribution < 1.29 is 8.42 Å². The fraction of sp³-hybridized carbons (Fsp3) is 0.500. The van der Waals surface area contributed by atoms with E-state index in [0.717, 1.165) is 24.2 Å². The number of halogens is 1. The van der Waals surface area contributed by atoms with E-state index in [0.29, 0.717) is 15.9 Å². The number of fused-ring (bicyclic) bond motifs is 1. The summed E-state index contributed by atoms with van der Waals surface area (Å²) in [6, 6.07) is 1.57. The minimum atomic E-state index is -3.67. The second-order valence-corrected chi connectivity index (χ2v) is 7.51. The molecule has 0 spiro atoms. The molecule has 5 nitrogen and oxygen atoms in total. The van der Waals surface area contributed by atoms with Crippen molar-refractivity contribution in [3.8, 4) is 0 Å². The first-order valence-corrected chi connectivity index (χ1v) is 8.23. The van der Waals surface area contributed by atoms with E-state index >= 15 is 0 Å². The third-order valence-corrected chi connectivity index (χ3v) is 5.99. The highest BCUT2D eigenvalue weighted by Crippen LogP contribution is 2.40. The van der Waals surface area contributed by atoms with Gasteiger partial charge in [0.15, 0.2) is 4.21 Å². The average molecular weight is 308 g/mol. The summed E-state index contributed by atoms with van der Waals surface area (Å²) in [4.78, 5) is 0. The van der Waals surface area contributed by atoms with Gasteiger partial charge in [0.1, 0.15) is 5.84 Å². The fourth-order valence-corrected chi connectivity index (χ4v) is 4.82. The summed E-state index contributed by atoms with van der Waals surface area (Å²) in [5.74, 6) is 6.38. The Morgan fingerprint density at radius 1 is 1.50 bits per heavy atom. The van der Waals surface area contributed by atoms with Crippen LogP contribution in [0.25, 0.3) is 0 Å². The molecule has 2 heterocycles. The van der Waals surface area contributed by atoms with Gasteiger partial charge in [-0.3, -0.25) is 5.01 Å². The number of nitrogens with two attached hydrogens (primary N) is 1. The Kier molecular flexibility index (Phi) is 3.68. The van der Waals surface area contributed by atoms with E-state index in [4.69, 9.17) is 17.4 Å². The lowest BCUT2D eigenvalue weighted by Crippen LogP contribution is -2.44. The van der Waals surface area contributed by atoms with Crippen molar-refractivity contribution in [2.45, 2.75) is 30.9 Å². The average Bonchev–Trinajstić information content (AvgIpc) is 2.70. The molecule has 0 aliphatic carbocycles. The fourth-order valence-electron chi connectivity index (χ4n) is 1.95. The Morgan fingerprint density at radius 3 is 2.67 bits per heavy atom. The van der Waals surface area contributed by atoms with Gasteiger partial charge in [-0.15, -0.1) is 15.7 Å². The highest BCUT2D eigenvalue weighted by molar-refractivity contribution is 7.92. The summed E-state index contributed by atoms with van der Waals surface area (Å²) in [6.07, 6.45) is 1.57. The molecule has 0 saturated heterocycles. The Bertz CT molecular complexity index is 590. The van der Waals surface area contributed by atoms with Gasteiger partial charge in [-0.25, -0.2) is 5.84 Å². The van der Waals surface area contributed by atoms with Crippen LogP contribution in [0.1, 0.15) is 26.7 Å². The van der Waals surface area contributed by atoms with Crippen LogP contribution >= 0.6 is 22.9 Å². The third-order valence-electron chi connectivity index (χ3n) is 2.95. The maximum Gasteiger partial charge on any atom is 0.295 e. The maximum atomic E-state index is 12.1. The highest BCUT2D eigenvalue weighted by atomic mass is 35.5. The van der Waals surface area contributed by atoms with Crippen LogP contribution in [0.4, 0.5) is 5.69 Å². The van der Waals surface area contributed by atoms with E-state index < -0.39 is 10.0 Å². The number of anilines is 1. The zero-order valence-corrected chi connectivity index (χ0v) is 12.4. The topological polar surface area (TPSA) is 75.8 Å². The lowest BCUT2D eigenvalue weighted by Gasteiger charge is -2.28. The summed E-state index contributed by atoms with van der Waals surface area (Å²) in [5.41, 5.74) is 0.418. The monoisotopic (exact) mass is 307 g/mol. The first-order valence-electron chi connectivity index (χ1n) is 5.59. The number of nitrogens with zero attached hydrogens (tertiary/aromatic N) is 2. The van der Waals surface area contributed by atoms with E-state index in [9.17, 15) is 8.42 Å². The zero-order chi connectivity index (χ0) is 13.5. The Balaban J connectivity index is 2.58. The van der Waals surface area contributed by atoms with E-state index in [1.165, 1.54) is 5.01 Å². The third kappa shape index (κ3) is 2.16. The SMILES string of the molecule is CCC(CC)C1=NS(=O)(=O)c2sc(Cl)cc2N1N. The lowest BCUT2D eigenvalue weighted by atomic mass is 10.0. The maximum absolute atomic E-state index is 12.1. The van der Waals surface area contributed by atoms with Crippen LogP contribution in [0.2, 0.25) is 4.34 Å². The van der Waals surface area contributed by atoms with Gasteiger partial charge in [-0.05, 0) is 18.9 Å². The van der Waals surface area contributed by atoms with Crippen LogP contribution in [0.3, 0.4) is 0 Å². The second-order valence-electron chi connectivity index (χ2n) is 4.03. The largest absolute Gasteiger partial charge is 0.295 e. The molecular formula is C10H14ClN3O2S2. The smallest absolute Gasteiger partial charge is 0.263 e. The summed E-state index contributed by atoms with van der Waals surface area (Å²) in [6.45, 7) is 3.96. The number of thiophene rings is 1. The molecule has 1 aliphatic heterocycles. The molecule has 0 atom stereocenters. The van der Waals surface area contributed by atoms with Crippen LogP contribution in [0.15, 0.2) is 14.7 Å². The summed E-state index contributed by atoms with van der Waals surface area (Å²) < 4.78 is 28.5. The van der Waals surface area contributed by atoms with E-state index in [1.54, 1.807) is 6.07 Å². The summed E-state index contributed by atoms with van der Waals surface area (Å²) in [7, 11) is -3.67. The first-order chi connectivity index (χ1) is 8.40. The molecular weight excluding hydrogens is 294 g/mol. The predicted octanol–water partition coefficient (Wildman–Crippen LogP) is 2.62. The quantitative estimate of drug-likeness (QED) is 0.871. The van der Waals surface area contributed by atoms with Crippen LogP contribution in [0.5, 0.6) is 0 Å². The molecule has 18 heavy (non-hydrogen) atoms. The van der Waals surface area contributed by atoms with Gasteiger partial charge in [0.25, 0.3) is 10.0 Å². The lowest BCUT2D eigenvalue weighted by molar-refractivity contribution is 0.593. The number of amidine groups is 1. The van der Waals surface area contributed by atoms with E-state index in [2.05, 4.69) is 4.40 Å². The molecule has 0 bridgehead atoms. The molecule has 0 fully saturated rings. The van der Waals surface area contributed by atoms with Gasteiger partial charge >= 0.3 is 0 Å². The Morgan fingerprint density at radius 2 is 2.11 bits per heavy atom. The molecule has 1 aromatic rings. The summed E-state index contributed by atoms with van der Waals surface area (Å²) >= 11 is 6.84. The number of hydrogen-bond acceptors (Lipinski definition) is 5. The van der Waals surface area contributed by atoms with Gasteiger partial charge < -0.3 is 0 Å². The van der Waals surface area contributed by atoms with E-state index in [-0.39, 0.29) is 10.1 Å². The number of rotatable bonds is 3. The molecule has 0 aromatic carbocycles. The van der Waals surface area contributed by atoms with Crippen molar-refractivity contribution in [3.05, 3.63) is 10.4 Å². The number of sulfonamides is 1. The van der Waals surface area contributed by atoms with Gasteiger partial charge in [-0.2, -0.15) is 8.42 Å². The van der Waals surface area contributed by atoms with E-state index in [1.807, 2.05) is 13.8 Å². The number of hydrogen-bond donors (Lipinski definition) is 1. The van der Waals surface area contributed by atoms with Crippen molar-refractivity contribution in [1.29, 1.82) is 0 Å². The minimum absolute atomic E-state index is 0.0246. The first kappa shape index (κ1) is 13.8. The molecule has 100 valence electrons.